The smallest absolute Gasteiger partial charge is 0.317 e. The van der Waals surface area contributed by atoms with E-state index in [0.717, 1.165) is 11.1 Å². The first-order chi connectivity index (χ1) is 10.4. The summed E-state index contributed by atoms with van der Waals surface area (Å²) in [4.78, 5) is 14.2. The molecule has 22 heavy (non-hydrogen) atoms. The minimum Gasteiger partial charge on any atom is -0.380 e. The van der Waals surface area contributed by atoms with E-state index in [1.54, 1.807) is 7.11 Å². The van der Waals surface area contributed by atoms with E-state index in [2.05, 4.69) is 5.32 Å². The first kappa shape index (κ1) is 16.8. The van der Waals surface area contributed by atoms with Gasteiger partial charge in [0.05, 0.1) is 24.9 Å². The predicted octanol–water partition coefficient (Wildman–Crippen LogP) is 2.54. The number of hydrogen-bond donors (Lipinski definition) is 1. The molecule has 5 nitrogen and oxygen atoms in total. The third-order valence-electron chi connectivity index (χ3n) is 3.70. The van der Waals surface area contributed by atoms with Crippen molar-refractivity contribution >= 4 is 6.03 Å². The molecule has 0 saturated carbocycles. The van der Waals surface area contributed by atoms with Crippen LogP contribution in [0.3, 0.4) is 0 Å². The van der Waals surface area contributed by atoms with Crippen LogP contribution in [0.15, 0.2) is 24.3 Å². The van der Waals surface area contributed by atoms with Gasteiger partial charge in [0.25, 0.3) is 0 Å². The Labute approximate surface area is 132 Å². The molecule has 0 aromatic heterocycles. The molecule has 0 radical (unpaired) electrons. The summed E-state index contributed by atoms with van der Waals surface area (Å²) in [5.74, 6) is 0. The van der Waals surface area contributed by atoms with Crippen LogP contribution in [0, 0.1) is 0 Å². The van der Waals surface area contributed by atoms with Crippen LogP contribution in [0.5, 0.6) is 0 Å². The quantitative estimate of drug-likeness (QED) is 0.930. The van der Waals surface area contributed by atoms with Crippen molar-refractivity contribution in [3.05, 3.63) is 35.4 Å². The Bertz CT molecular complexity index is 516. The highest BCUT2D eigenvalue weighted by atomic mass is 16.5. The highest BCUT2D eigenvalue weighted by Crippen LogP contribution is 2.20. The SMILES string of the molecule is COCc1ccccc1CNC(=O)N1C[C@H](C)OC(C)(C)C1. The van der Waals surface area contributed by atoms with Crippen molar-refractivity contribution in [2.24, 2.45) is 0 Å². The zero-order valence-corrected chi connectivity index (χ0v) is 13.9. The molecule has 1 fully saturated rings. The Kier molecular flexibility index (Phi) is 5.42. The Morgan fingerprint density at radius 2 is 2.09 bits per heavy atom. The van der Waals surface area contributed by atoms with Gasteiger partial charge in [-0.05, 0) is 31.9 Å². The Morgan fingerprint density at radius 1 is 1.41 bits per heavy atom. The molecule has 2 amide bonds. The maximum Gasteiger partial charge on any atom is 0.317 e. The lowest BCUT2D eigenvalue weighted by molar-refractivity contribution is -0.117. The lowest BCUT2D eigenvalue weighted by Crippen LogP contribution is -2.56. The fraction of sp³-hybridized carbons (Fsp3) is 0.588. The zero-order valence-electron chi connectivity index (χ0n) is 13.9. The average molecular weight is 306 g/mol. The number of nitrogens with zero attached hydrogens (tertiary/aromatic N) is 1. The van der Waals surface area contributed by atoms with Crippen LogP contribution in [0.4, 0.5) is 4.79 Å². The molecule has 1 N–H and O–H groups in total. The molecule has 1 aliphatic rings. The summed E-state index contributed by atoms with van der Waals surface area (Å²) in [7, 11) is 1.67. The molecule has 0 spiro atoms. The molecule has 1 aliphatic heterocycles. The van der Waals surface area contributed by atoms with Gasteiger partial charge in [0, 0.05) is 20.2 Å². The lowest BCUT2D eigenvalue weighted by Gasteiger charge is -2.41. The Balaban J connectivity index is 1.95. The van der Waals surface area contributed by atoms with Crippen LogP contribution in [0.2, 0.25) is 0 Å². The largest absolute Gasteiger partial charge is 0.380 e. The number of methoxy groups -OCH3 is 1. The molecule has 2 rings (SSSR count). The minimum absolute atomic E-state index is 0.0459. The van der Waals surface area contributed by atoms with Crippen LogP contribution >= 0.6 is 0 Å². The molecule has 0 bridgehead atoms. The van der Waals surface area contributed by atoms with E-state index in [1.165, 1.54) is 0 Å². The van der Waals surface area contributed by atoms with Crippen LogP contribution in [0.25, 0.3) is 0 Å². The van der Waals surface area contributed by atoms with Gasteiger partial charge < -0.3 is 19.7 Å². The number of rotatable bonds is 4. The van der Waals surface area contributed by atoms with Gasteiger partial charge in [-0.3, -0.25) is 0 Å². The van der Waals surface area contributed by atoms with E-state index in [0.29, 0.717) is 26.2 Å². The van der Waals surface area contributed by atoms with Crippen molar-refractivity contribution in [2.45, 2.75) is 45.6 Å². The number of nitrogens with one attached hydrogen (secondary N) is 1. The number of morpholine rings is 1. The van der Waals surface area contributed by atoms with Gasteiger partial charge >= 0.3 is 6.03 Å². The van der Waals surface area contributed by atoms with Crippen LogP contribution in [-0.2, 0) is 22.6 Å². The Morgan fingerprint density at radius 3 is 2.73 bits per heavy atom. The fourth-order valence-electron chi connectivity index (χ4n) is 2.92. The molecule has 1 heterocycles. The molecule has 5 heteroatoms. The number of carbonyl (C=O) groups is 1. The second kappa shape index (κ2) is 7.11. The van der Waals surface area contributed by atoms with Gasteiger partial charge in [-0.2, -0.15) is 0 Å². The van der Waals surface area contributed by atoms with E-state index in [1.807, 2.05) is 49.9 Å². The summed E-state index contributed by atoms with van der Waals surface area (Å²) in [6.45, 7) is 8.29. The number of carbonyl (C=O) groups excluding carboxylic acids is 1. The van der Waals surface area contributed by atoms with Crippen molar-refractivity contribution in [1.82, 2.24) is 10.2 Å². The van der Waals surface area contributed by atoms with Crippen LogP contribution < -0.4 is 5.32 Å². The van der Waals surface area contributed by atoms with E-state index in [-0.39, 0.29) is 17.7 Å². The second-order valence-corrected chi connectivity index (χ2v) is 6.43. The standard InChI is InChI=1S/C17H26N2O3/c1-13-10-19(12-17(2,3)22-13)16(20)18-9-14-7-5-6-8-15(14)11-21-4/h5-8,13H,9-12H2,1-4H3,(H,18,20)/t13-/m0/s1. The van der Waals surface area contributed by atoms with E-state index in [4.69, 9.17) is 9.47 Å². The number of ether oxygens (including phenoxy) is 2. The minimum atomic E-state index is -0.303. The summed E-state index contributed by atoms with van der Waals surface area (Å²) in [6.07, 6.45) is 0.0512. The van der Waals surface area contributed by atoms with Crippen LogP contribution in [0.1, 0.15) is 31.9 Å². The molecule has 1 aromatic rings. The van der Waals surface area contributed by atoms with Gasteiger partial charge in [-0.1, -0.05) is 24.3 Å². The summed E-state index contributed by atoms with van der Waals surface area (Å²) in [5.41, 5.74) is 1.88. The van der Waals surface area contributed by atoms with Gasteiger partial charge in [0.1, 0.15) is 0 Å². The Hall–Kier alpha value is -1.59. The van der Waals surface area contributed by atoms with Crippen molar-refractivity contribution in [2.75, 3.05) is 20.2 Å². The lowest BCUT2D eigenvalue weighted by atomic mass is 10.1. The number of urea groups is 1. The average Bonchev–Trinajstić information content (AvgIpc) is 2.44. The third-order valence-corrected chi connectivity index (χ3v) is 3.70. The molecule has 0 aliphatic carbocycles. The topological polar surface area (TPSA) is 50.8 Å². The normalized spacial score (nSPS) is 20.7. The highest BCUT2D eigenvalue weighted by Gasteiger charge is 2.33. The summed E-state index contributed by atoms with van der Waals surface area (Å²) < 4.78 is 11.0. The molecular weight excluding hydrogens is 280 g/mol. The molecule has 1 atom stereocenters. The van der Waals surface area contributed by atoms with Gasteiger partial charge in [-0.25, -0.2) is 4.79 Å². The maximum absolute atomic E-state index is 12.4. The van der Waals surface area contributed by atoms with Crippen molar-refractivity contribution < 1.29 is 14.3 Å². The van der Waals surface area contributed by atoms with E-state index >= 15 is 0 Å². The zero-order chi connectivity index (χ0) is 16.2. The van der Waals surface area contributed by atoms with Crippen molar-refractivity contribution in [1.29, 1.82) is 0 Å². The number of amides is 2. The highest BCUT2D eigenvalue weighted by molar-refractivity contribution is 5.74. The molecular formula is C17H26N2O3. The van der Waals surface area contributed by atoms with Crippen molar-refractivity contribution in [3.8, 4) is 0 Å². The van der Waals surface area contributed by atoms with E-state index < -0.39 is 0 Å². The summed E-state index contributed by atoms with van der Waals surface area (Å²) in [6, 6.07) is 7.94. The predicted molar refractivity (Wildman–Crippen MR) is 85.6 cm³/mol. The van der Waals surface area contributed by atoms with Gasteiger partial charge in [-0.15, -0.1) is 0 Å². The number of hydrogen-bond acceptors (Lipinski definition) is 3. The second-order valence-electron chi connectivity index (χ2n) is 6.43. The first-order valence-corrected chi connectivity index (χ1v) is 7.67. The van der Waals surface area contributed by atoms with Gasteiger partial charge in [0.15, 0.2) is 0 Å². The van der Waals surface area contributed by atoms with E-state index in [9.17, 15) is 4.79 Å². The van der Waals surface area contributed by atoms with Crippen LogP contribution in [-0.4, -0.2) is 42.8 Å². The monoisotopic (exact) mass is 306 g/mol. The van der Waals surface area contributed by atoms with Crippen molar-refractivity contribution in [3.63, 3.8) is 0 Å². The van der Waals surface area contributed by atoms with Gasteiger partial charge in [0.2, 0.25) is 0 Å². The fourth-order valence-corrected chi connectivity index (χ4v) is 2.92. The summed E-state index contributed by atoms with van der Waals surface area (Å²) >= 11 is 0. The molecule has 1 aromatic carbocycles. The molecule has 0 unspecified atom stereocenters. The third kappa shape index (κ3) is 4.45. The maximum atomic E-state index is 12.4. The molecule has 1 saturated heterocycles. The summed E-state index contributed by atoms with van der Waals surface area (Å²) in [5, 5.41) is 3.00. The number of benzene rings is 1. The molecule has 122 valence electrons. The first-order valence-electron chi connectivity index (χ1n) is 7.67.